The first kappa shape index (κ1) is 65.6. The van der Waals surface area contributed by atoms with Gasteiger partial charge in [0.05, 0.1) is 0 Å². The maximum atomic E-state index is 15.1. The number of aromatic nitrogens is 2. The van der Waals surface area contributed by atoms with Gasteiger partial charge >= 0.3 is 24.4 Å². The van der Waals surface area contributed by atoms with Gasteiger partial charge in [-0.1, -0.05) is 56.3 Å². The van der Waals surface area contributed by atoms with Crippen LogP contribution < -0.4 is 36.3 Å². The number of benzene rings is 2. The number of unbranched alkanes of at least 4 members (excludes halogenated alkanes) is 1. The van der Waals surface area contributed by atoms with Crippen molar-refractivity contribution in [3.63, 3.8) is 0 Å². The molecule has 0 saturated carbocycles. The highest BCUT2D eigenvalue weighted by molar-refractivity contribution is 6.74. The molecule has 22 heteroatoms. The summed E-state index contributed by atoms with van der Waals surface area (Å²) in [5, 5.41) is 20.9. The summed E-state index contributed by atoms with van der Waals surface area (Å²) in [6.07, 6.45) is -2.03. The average molecular weight is 1110 g/mol. The van der Waals surface area contributed by atoms with Crippen LogP contribution in [-0.2, 0) is 41.4 Å². The lowest BCUT2D eigenvalue weighted by Crippen LogP contribution is -2.57. The van der Waals surface area contributed by atoms with Crippen LogP contribution in [0.15, 0.2) is 52.0 Å². The molecule has 2 aromatic carbocycles. The monoisotopic (exact) mass is 1110 g/mol. The number of amides is 6. The number of nitrogens with one attached hydrogen (secondary N) is 6. The van der Waals surface area contributed by atoms with Gasteiger partial charge in [0.15, 0.2) is 5.82 Å². The minimum atomic E-state index is -2.27. The molecule has 6 amide bonds. The Morgan fingerprint density at radius 1 is 0.641 bits per heavy atom. The Balaban J connectivity index is 2.17. The maximum Gasteiger partial charge on any atom is 0.437 e. The van der Waals surface area contributed by atoms with Gasteiger partial charge in [0.2, 0.25) is 32.0 Å². The number of hydrogen-bond donors (Lipinski definition) is 6. The van der Waals surface area contributed by atoms with Crippen LogP contribution in [0.2, 0.25) is 18.1 Å². The molecule has 0 unspecified atom stereocenters. The van der Waals surface area contributed by atoms with Crippen LogP contribution in [0.25, 0.3) is 0 Å². The van der Waals surface area contributed by atoms with Gasteiger partial charge in [0, 0.05) is 25.9 Å². The largest absolute Gasteiger partial charge is 0.543 e. The number of aliphatic imine (C=N–C) groups is 1. The molecular weight excluding hydrogens is 1020 g/mol. The van der Waals surface area contributed by atoms with Crippen LogP contribution in [0.1, 0.15) is 170 Å². The van der Waals surface area contributed by atoms with Crippen LogP contribution in [-0.4, -0.2) is 108 Å². The minimum absolute atomic E-state index is 0.0247. The van der Waals surface area contributed by atoms with Crippen molar-refractivity contribution in [1.29, 1.82) is 0 Å². The summed E-state index contributed by atoms with van der Waals surface area (Å²) in [6, 6.07) is 9.86. The lowest BCUT2D eigenvalue weighted by molar-refractivity contribution is -0.130. The van der Waals surface area contributed by atoms with Crippen molar-refractivity contribution < 1.29 is 56.7 Å². The lowest BCUT2D eigenvalue weighted by Gasteiger charge is -2.36. The van der Waals surface area contributed by atoms with E-state index in [4.69, 9.17) is 32.9 Å². The molecule has 434 valence electrons. The van der Waals surface area contributed by atoms with E-state index < -0.39 is 91.0 Å². The van der Waals surface area contributed by atoms with Crippen LogP contribution in [0, 0.1) is 13.8 Å². The molecule has 0 aliphatic carbocycles. The molecule has 78 heavy (non-hydrogen) atoms. The molecule has 0 fully saturated rings. The predicted molar refractivity (Wildman–Crippen MR) is 301 cm³/mol. The van der Waals surface area contributed by atoms with Crippen molar-refractivity contribution >= 4 is 50.5 Å². The lowest BCUT2D eigenvalue weighted by atomic mass is 9.95. The van der Waals surface area contributed by atoms with Crippen LogP contribution in [0.3, 0.4) is 0 Å². The molecule has 0 aliphatic heterocycles. The second-order valence-electron chi connectivity index (χ2n) is 24.8. The topological polar surface area (TPSA) is 272 Å². The normalized spacial score (nSPS) is 13.7. The number of nitrogens with zero attached hydrogens (tertiary/aromatic N) is 3. The smallest absolute Gasteiger partial charge is 0.437 e. The molecule has 3 rings (SSSR count). The number of alkyl carbamates (subject to hydrolysis) is 3. The van der Waals surface area contributed by atoms with Gasteiger partial charge in [-0.2, -0.15) is 4.98 Å². The first-order valence-electron chi connectivity index (χ1n) is 26.6. The van der Waals surface area contributed by atoms with Gasteiger partial charge in [0.25, 0.3) is 0 Å². The molecule has 0 spiro atoms. The Bertz CT molecular complexity index is 2510. The number of rotatable bonds is 20. The Morgan fingerprint density at radius 3 is 1.71 bits per heavy atom. The van der Waals surface area contributed by atoms with Crippen molar-refractivity contribution in [2.24, 2.45) is 4.99 Å². The molecule has 1 aromatic heterocycles. The molecule has 3 atom stereocenters. The zero-order chi connectivity index (χ0) is 59.0. The summed E-state index contributed by atoms with van der Waals surface area (Å²) in [6.45, 7) is 35.0. The zero-order valence-electron chi connectivity index (χ0n) is 49.7. The molecule has 0 bridgehead atoms. The quantitative estimate of drug-likeness (QED) is 0.0202. The molecule has 0 radical (unpaired) electrons. The number of aryl methyl sites for hydroxylation is 2. The zero-order valence-corrected chi connectivity index (χ0v) is 50.7. The van der Waals surface area contributed by atoms with Gasteiger partial charge in [-0.15, -0.1) is 4.99 Å². The number of ether oxygens (including phenoxy) is 4. The standard InChI is InChI=1S/C56H89N9O12Si/c1-35-31-38(77-78(18,19)56(15,16)17)32-36(2)39(35)34-42(45(67)59-41(27-23-24-29-57-48(68)72-52(3,4)5)46-62-43(65-76-46)33-37-25-21-20-22-26-37)60-44(66)40(28-30-58-49(69)73-53(6,7)8)61-47(63-50(70)74-54(9,10)11)64-51(71)75-55(12,13)14/h20-22,25-26,31-32,40-42H,23-24,27-30,33-34H2,1-19H3,(H,57,68)(H,58,69)(H,59,67)(H,60,66)(H2,61,63,64,70,71)/t40-,41+,42+/m1/s1. The summed E-state index contributed by atoms with van der Waals surface area (Å²) >= 11 is 0. The Hall–Kier alpha value is -6.71. The molecule has 3 aromatic rings. The van der Waals surface area contributed by atoms with E-state index >= 15 is 4.79 Å². The Morgan fingerprint density at radius 2 is 1.17 bits per heavy atom. The SMILES string of the molecule is Cc1cc(O[Si](C)(C)C(C)(C)C)cc(C)c1C[C@H](NC(=O)[C@@H](CCNC(=O)OC(C)(C)C)N/C(=N\C(=O)OC(C)(C)C)NC(=O)OC(C)(C)C)C(=O)N[C@@H](CCCCNC(=O)OC(C)(C)C)c1nc(Cc2ccccc2)no1. The summed E-state index contributed by atoms with van der Waals surface area (Å²) < 4.78 is 34.3. The minimum Gasteiger partial charge on any atom is -0.543 e. The molecule has 0 aliphatic rings. The number of carbonyl (C=O) groups excluding carboxylic acids is 6. The third-order valence-corrected chi connectivity index (χ3v) is 16.1. The van der Waals surface area contributed by atoms with Crippen molar-refractivity contribution in [2.75, 3.05) is 13.1 Å². The molecule has 1 heterocycles. The van der Waals surface area contributed by atoms with Gasteiger partial charge in [-0.05, 0) is 175 Å². The fourth-order valence-electron chi connectivity index (χ4n) is 7.17. The van der Waals surface area contributed by atoms with Crippen molar-refractivity contribution in [1.82, 2.24) is 42.0 Å². The highest BCUT2D eigenvalue weighted by Crippen LogP contribution is 2.38. The van der Waals surface area contributed by atoms with Gasteiger partial charge < -0.3 is 54.5 Å². The summed E-state index contributed by atoms with van der Waals surface area (Å²) in [5.74, 6) is -0.720. The first-order chi connectivity index (χ1) is 35.8. The van der Waals surface area contributed by atoms with E-state index in [0.29, 0.717) is 30.8 Å². The summed E-state index contributed by atoms with van der Waals surface area (Å²) in [4.78, 5) is 90.5. The van der Waals surface area contributed by atoms with E-state index in [1.165, 1.54) is 0 Å². The number of carbonyl (C=O) groups is 6. The van der Waals surface area contributed by atoms with Crippen LogP contribution in [0.5, 0.6) is 5.75 Å². The van der Waals surface area contributed by atoms with Crippen LogP contribution >= 0.6 is 0 Å². The molecular formula is C56H89N9O12Si. The Kier molecular flexibility index (Phi) is 23.3. The van der Waals surface area contributed by atoms with Crippen molar-refractivity contribution in [3.05, 3.63) is 76.4 Å². The summed E-state index contributed by atoms with van der Waals surface area (Å²) in [5.41, 5.74) is -0.182. The number of guanidine groups is 1. The van der Waals surface area contributed by atoms with Crippen molar-refractivity contribution in [2.45, 2.75) is 215 Å². The predicted octanol–water partition coefficient (Wildman–Crippen LogP) is 9.93. The van der Waals surface area contributed by atoms with E-state index in [0.717, 1.165) is 22.3 Å². The van der Waals surface area contributed by atoms with E-state index in [-0.39, 0.29) is 43.3 Å². The summed E-state index contributed by atoms with van der Waals surface area (Å²) in [7, 11) is -2.27. The van der Waals surface area contributed by atoms with Gasteiger partial charge in [0.1, 0.15) is 46.3 Å². The van der Waals surface area contributed by atoms with Gasteiger partial charge in [-0.25, -0.2) is 19.2 Å². The number of hydrogen-bond acceptors (Lipinski definition) is 14. The van der Waals surface area contributed by atoms with E-state index in [1.807, 2.05) is 56.3 Å². The molecule has 21 nitrogen and oxygen atoms in total. The van der Waals surface area contributed by atoms with Crippen molar-refractivity contribution in [3.8, 4) is 5.75 Å². The van der Waals surface area contributed by atoms with E-state index in [2.05, 4.69) is 75.9 Å². The van der Waals surface area contributed by atoms with E-state index in [9.17, 15) is 24.0 Å². The second kappa shape index (κ2) is 27.7. The maximum absolute atomic E-state index is 15.1. The van der Waals surface area contributed by atoms with Crippen LogP contribution in [0.4, 0.5) is 19.2 Å². The Labute approximate surface area is 462 Å². The third-order valence-electron chi connectivity index (χ3n) is 11.7. The molecule has 6 N–H and O–H groups in total. The highest BCUT2D eigenvalue weighted by Gasteiger charge is 2.39. The average Bonchev–Trinajstić information content (AvgIpc) is 3.71. The molecule has 0 saturated heterocycles. The van der Waals surface area contributed by atoms with Gasteiger partial charge in [-0.3, -0.25) is 14.9 Å². The fraction of sp³-hybridized carbons (Fsp3) is 0.625. The first-order valence-corrected chi connectivity index (χ1v) is 29.5. The fourth-order valence-corrected chi connectivity index (χ4v) is 8.19. The third kappa shape index (κ3) is 24.7. The highest BCUT2D eigenvalue weighted by atomic mass is 28.4. The second-order valence-corrected chi connectivity index (χ2v) is 29.6. The van der Waals surface area contributed by atoms with E-state index in [1.54, 1.807) is 83.1 Å².